The minimum Gasteiger partial charge on any atom is -0.326 e. The summed E-state index contributed by atoms with van der Waals surface area (Å²) < 4.78 is 37.9. The fourth-order valence-electron chi connectivity index (χ4n) is 2.90. The fourth-order valence-corrected chi connectivity index (χ4v) is 3.85. The van der Waals surface area contributed by atoms with E-state index in [-0.39, 0.29) is 18.1 Å². The second kappa shape index (κ2) is 6.84. The highest BCUT2D eigenvalue weighted by Crippen LogP contribution is 2.32. The zero-order valence-corrected chi connectivity index (χ0v) is 14.6. The molecule has 7 heteroatoms. The highest BCUT2D eigenvalue weighted by atomic mass is 32.2. The van der Waals surface area contributed by atoms with Crippen molar-refractivity contribution in [1.82, 2.24) is 0 Å². The number of nitrogens with zero attached hydrogens (tertiary/aromatic N) is 1. The summed E-state index contributed by atoms with van der Waals surface area (Å²) in [6.45, 7) is 0.427. The lowest BCUT2D eigenvalue weighted by atomic mass is 10.1. The van der Waals surface area contributed by atoms with Crippen LogP contribution < -0.4 is 9.62 Å². The number of aryl methyl sites for hydroxylation is 1. The van der Waals surface area contributed by atoms with Crippen LogP contribution in [-0.2, 0) is 27.7 Å². The van der Waals surface area contributed by atoms with Crippen molar-refractivity contribution in [1.29, 1.82) is 0 Å². The molecule has 1 aliphatic rings. The van der Waals surface area contributed by atoms with Crippen molar-refractivity contribution in [2.75, 3.05) is 22.4 Å². The lowest BCUT2D eigenvalue weighted by Crippen LogP contribution is -2.27. The highest BCUT2D eigenvalue weighted by Gasteiger charge is 2.26. The van der Waals surface area contributed by atoms with E-state index in [0.717, 1.165) is 11.1 Å². The van der Waals surface area contributed by atoms with Crippen LogP contribution in [0.5, 0.6) is 0 Å². The average molecular weight is 362 g/mol. The number of carbonyl (C=O) groups excluding carboxylic acids is 1. The second-order valence-electron chi connectivity index (χ2n) is 6.10. The third kappa shape index (κ3) is 4.17. The third-order valence-electron chi connectivity index (χ3n) is 4.18. The van der Waals surface area contributed by atoms with Gasteiger partial charge in [0.05, 0.1) is 11.9 Å². The standard InChI is InChI=1S/C18H19FN2O3S/c1-25(23,24)21-11-10-14-5-8-16(12-17(14)21)20-18(22)9-4-13-2-6-15(19)7-3-13/h2-3,5-8,12H,4,9-11H2,1H3,(H,20,22). The summed E-state index contributed by atoms with van der Waals surface area (Å²) in [4.78, 5) is 12.1. The molecule has 0 fully saturated rings. The first-order valence-corrected chi connectivity index (χ1v) is 9.83. The number of anilines is 2. The molecule has 0 aromatic heterocycles. The predicted molar refractivity (Wildman–Crippen MR) is 95.7 cm³/mol. The fraction of sp³-hybridized carbons (Fsp3) is 0.278. The van der Waals surface area contributed by atoms with E-state index in [1.807, 2.05) is 6.07 Å². The van der Waals surface area contributed by atoms with Crippen molar-refractivity contribution in [2.45, 2.75) is 19.3 Å². The molecule has 0 spiro atoms. The number of hydrogen-bond acceptors (Lipinski definition) is 3. The Kier molecular flexibility index (Phi) is 4.76. The maximum atomic E-state index is 12.9. The van der Waals surface area contributed by atoms with Gasteiger partial charge >= 0.3 is 0 Å². The van der Waals surface area contributed by atoms with Gasteiger partial charge in [-0.1, -0.05) is 18.2 Å². The van der Waals surface area contributed by atoms with Crippen molar-refractivity contribution in [3.8, 4) is 0 Å². The smallest absolute Gasteiger partial charge is 0.232 e. The maximum Gasteiger partial charge on any atom is 0.232 e. The molecular weight excluding hydrogens is 343 g/mol. The summed E-state index contributed by atoms with van der Waals surface area (Å²) in [6.07, 6.45) is 2.61. The van der Waals surface area contributed by atoms with E-state index >= 15 is 0 Å². The molecular formula is C18H19FN2O3S. The molecule has 1 N–H and O–H groups in total. The van der Waals surface area contributed by atoms with E-state index in [9.17, 15) is 17.6 Å². The molecule has 0 atom stereocenters. The molecule has 1 aliphatic heterocycles. The van der Waals surface area contributed by atoms with E-state index in [1.54, 1.807) is 24.3 Å². The lowest BCUT2D eigenvalue weighted by molar-refractivity contribution is -0.116. The Morgan fingerprint density at radius 2 is 1.92 bits per heavy atom. The zero-order chi connectivity index (χ0) is 18.0. The van der Waals surface area contributed by atoms with Crippen LogP contribution in [0.2, 0.25) is 0 Å². The van der Waals surface area contributed by atoms with E-state index in [4.69, 9.17) is 0 Å². The topological polar surface area (TPSA) is 66.5 Å². The SMILES string of the molecule is CS(=O)(=O)N1CCc2ccc(NC(=O)CCc3ccc(F)cc3)cc21. The minimum absolute atomic E-state index is 0.173. The summed E-state index contributed by atoms with van der Waals surface area (Å²) in [5.74, 6) is -0.477. The molecule has 0 bridgehead atoms. The molecule has 2 aromatic carbocycles. The van der Waals surface area contributed by atoms with Crippen LogP contribution >= 0.6 is 0 Å². The Hall–Kier alpha value is -2.41. The number of halogens is 1. The predicted octanol–water partition coefficient (Wildman–Crippen LogP) is 2.72. The van der Waals surface area contributed by atoms with Gasteiger partial charge in [-0.3, -0.25) is 9.10 Å². The largest absolute Gasteiger partial charge is 0.326 e. The van der Waals surface area contributed by atoms with Crippen LogP contribution in [0.3, 0.4) is 0 Å². The second-order valence-corrected chi connectivity index (χ2v) is 8.01. The molecule has 0 saturated heterocycles. The number of carbonyl (C=O) groups is 1. The highest BCUT2D eigenvalue weighted by molar-refractivity contribution is 7.92. The zero-order valence-electron chi connectivity index (χ0n) is 13.8. The molecule has 5 nitrogen and oxygen atoms in total. The summed E-state index contributed by atoms with van der Waals surface area (Å²) in [6, 6.07) is 11.4. The number of hydrogen-bond donors (Lipinski definition) is 1. The molecule has 2 aromatic rings. The monoisotopic (exact) mass is 362 g/mol. The van der Waals surface area contributed by atoms with Gasteiger partial charge in [-0.2, -0.15) is 0 Å². The molecule has 132 valence electrons. The molecule has 1 heterocycles. The van der Waals surface area contributed by atoms with Gasteiger partial charge in [0, 0.05) is 18.7 Å². The van der Waals surface area contributed by atoms with Crippen LogP contribution in [-0.4, -0.2) is 27.1 Å². The normalized spacial score (nSPS) is 13.6. The Morgan fingerprint density at radius 1 is 1.20 bits per heavy atom. The molecule has 0 saturated carbocycles. The number of amides is 1. The van der Waals surface area contributed by atoms with Gasteiger partial charge in [-0.25, -0.2) is 12.8 Å². The van der Waals surface area contributed by atoms with Crippen molar-refractivity contribution in [3.05, 3.63) is 59.4 Å². The molecule has 0 radical (unpaired) electrons. The molecule has 0 aliphatic carbocycles. The Bertz CT molecular complexity index is 895. The van der Waals surface area contributed by atoms with Crippen molar-refractivity contribution < 1.29 is 17.6 Å². The first-order chi connectivity index (χ1) is 11.8. The summed E-state index contributed by atoms with van der Waals surface area (Å²) in [7, 11) is -3.32. The number of fused-ring (bicyclic) bond motifs is 1. The Morgan fingerprint density at radius 3 is 2.60 bits per heavy atom. The number of sulfonamides is 1. The van der Waals surface area contributed by atoms with Gasteiger partial charge in [0.25, 0.3) is 0 Å². The van der Waals surface area contributed by atoms with E-state index in [0.29, 0.717) is 30.8 Å². The first-order valence-electron chi connectivity index (χ1n) is 7.98. The lowest BCUT2D eigenvalue weighted by Gasteiger charge is -2.17. The van der Waals surface area contributed by atoms with Gasteiger partial charge in [-0.05, 0) is 48.2 Å². The number of rotatable bonds is 5. The third-order valence-corrected chi connectivity index (χ3v) is 5.36. The van der Waals surface area contributed by atoms with Gasteiger partial charge in [-0.15, -0.1) is 0 Å². The quantitative estimate of drug-likeness (QED) is 0.889. The van der Waals surface area contributed by atoms with Gasteiger partial charge in [0.15, 0.2) is 0 Å². The van der Waals surface area contributed by atoms with Crippen molar-refractivity contribution in [2.24, 2.45) is 0 Å². The molecule has 3 rings (SSSR count). The molecule has 0 unspecified atom stereocenters. The average Bonchev–Trinajstić information content (AvgIpc) is 2.98. The molecule has 1 amide bonds. The summed E-state index contributed by atoms with van der Waals surface area (Å²) in [5.41, 5.74) is 3.03. The van der Waals surface area contributed by atoms with E-state index in [2.05, 4.69) is 5.32 Å². The maximum absolute atomic E-state index is 12.9. The van der Waals surface area contributed by atoms with Crippen LogP contribution in [0.1, 0.15) is 17.5 Å². The minimum atomic E-state index is -3.32. The van der Waals surface area contributed by atoms with Crippen molar-refractivity contribution in [3.63, 3.8) is 0 Å². The molecule has 25 heavy (non-hydrogen) atoms. The number of nitrogens with one attached hydrogen (secondary N) is 1. The Balaban J connectivity index is 1.65. The first kappa shape index (κ1) is 17.4. The van der Waals surface area contributed by atoms with Crippen LogP contribution in [0.15, 0.2) is 42.5 Å². The van der Waals surface area contributed by atoms with Gasteiger partial charge in [0.1, 0.15) is 5.82 Å². The van der Waals surface area contributed by atoms with Crippen LogP contribution in [0, 0.1) is 5.82 Å². The van der Waals surface area contributed by atoms with E-state index in [1.165, 1.54) is 22.7 Å². The summed E-state index contributed by atoms with van der Waals surface area (Å²) in [5, 5.41) is 2.79. The van der Waals surface area contributed by atoms with Crippen LogP contribution in [0.4, 0.5) is 15.8 Å². The Labute approximate surface area is 146 Å². The number of benzene rings is 2. The van der Waals surface area contributed by atoms with Gasteiger partial charge < -0.3 is 5.32 Å². The van der Waals surface area contributed by atoms with Crippen LogP contribution in [0.25, 0.3) is 0 Å². The van der Waals surface area contributed by atoms with Crippen molar-refractivity contribution >= 4 is 27.3 Å². The van der Waals surface area contributed by atoms with E-state index < -0.39 is 10.0 Å². The summed E-state index contributed by atoms with van der Waals surface area (Å²) >= 11 is 0. The van der Waals surface area contributed by atoms with Gasteiger partial charge in [0.2, 0.25) is 15.9 Å².